The minimum absolute atomic E-state index is 0.120. The molecule has 8 heteroatoms. The van der Waals surface area contributed by atoms with E-state index >= 15 is 0 Å². The fraction of sp³-hybridized carbons (Fsp3) is 0.308. The smallest absolute Gasteiger partial charge is 0.327 e. The Labute approximate surface area is 197 Å². The van der Waals surface area contributed by atoms with E-state index in [1.54, 1.807) is 29.8 Å². The molecule has 0 saturated carbocycles. The third-order valence-corrected chi connectivity index (χ3v) is 6.42. The molecule has 3 aromatic rings. The second kappa shape index (κ2) is 8.87. The topological polar surface area (TPSA) is 88.3 Å². The summed E-state index contributed by atoms with van der Waals surface area (Å²) in [5.74, 6) is -0.885. The zero-order chi connectivity index (χ0) is 23.8. The van der Waals surface area contributed by atoms with Crippen LogP contribution in [-0.4, -0.2) is 45.8 Å². The predicted octanol–water partition coefficient (Wildman–Crippen LogP) is 2.24. The number of aryl methyl sites for hydroxylation is 2. The zero-order valence-electron chi connectivity index (χ0n) is 19.3. The van der Waals surface area contributed by atoms with Gasteiger partial charge in [0, 0.05) is 23.9 Å². The lowest BCUT2D eigenvalue weighted by atomic mass is 10.1. The first-order valence-electron chi connectivity index (χ1n) is 11.6. The highest BCUT2D eigenvalue weighted by Crippen LogP contribution is 2.31. The number of hydrogen-bond donors (Lipinski definition) is 1. The van der Waals surface area contributed by atoms with Gasteiger partial charge in [0.2, 0.25) is 0 Å². The van der Waals surface area contributed by atoms with Crippen LogP contribution < -0.4 is 10.1 Å². The number of imide groups is 1. The van der Waals surface area contributed by atoms with E-state index in [0.29, 0.717) is 18.0 Å². The van der Waals surface area contributed by atoms with Crippen LogP contribution in [0.3, 0.4) is 0 Å². The van der Waals surface area contributed by atoms with E-state index in [4.69, 9.17) is 4.74 Å². The van der Waals surface area contributed by atoms with Gasteiger partial charge in [-0.3, -0.25) is 24.4 Å². The van der Waals surface area contributed by atoms with Gasteiger partial charge in [-0.1, -0.05) is 25.1 Å². The van der Waals surface area contributed by atoms with Gasteiger partial charge in [-0.25, -0.2) is 4.68 Å². The third-order valence-electron chi connectivity index (χ3n) is 6.42. The summed E-state index contributed by atoms with van der Waals surface area (Å²) >= 11 is 0. The molecule has 2 aliphatic rings. The van der Waals surface area contributed by atoms with Crippen molar-refractivity contribution in [2.24, 2.45) is 0 Å². The molecule has 0 radical (unpaired) electrons. The third kappa shape index (κ3) is 3.70. The molecule has 1 saturated heterocycles. The maximum absolute atomic E-state index is 13.7. The highest BCUT2D eigenvalue weighted by atomic mass is 16.5. The average molecular weight is 460 g/mol. The number of amides is 2. The number of aromatic amines is 1. The van der Waals surface area contributed by atoms with Crippen LogP contribution in [-0.2, 0) is 20.7 Å². The quantitative estimate of drug-likeness (QED) is 0.452. The molecular formula is C26H27N4O4+. The summed E-state index contributed by atoms with van der Waals surface area (Å²) in [6.07, 6.45) is 5.87. The number of hydrogen-bond acceptors (Lipinski definition) is 4. The van der Waals surface area contributed by atoms with Crippen molar-refractivity contribution in [3.05, 3.63) is 82.0 Å². The van der Waals surface area contributed by atoms with Crippen LogP contribution in [0.5, 0.6) is 0 Å². The summed E-state index contributed by atoms with van der Waals surface area (Å²) < 4.78 is 8.77. The van der Waals surface area contributed by atoms with Crippen LogP contribution in [0.1, 0.15) is 36.6 Å². The van der Waals surface area contributed by atoms with Gasteiger partial charge in [-0.2, -0.15) is 4.57 Å². The summed E-state index contributed by atoms with van der Waals surface area (Å²) in [4.78, 5) is 42.1. The molecule has 2 amide bonds. The molecule has 34 heavy (non-hydrogen) atoms. The predicted molar refractivity (Wildman–Crippen MR) is 126 cm³/mol. The molecule has 2 aromatic heterocycles. The average Bonchev–Trinajstić information content (AvgIpc) is 3.54. The van der Waals surface area contributed by atoms with Crippen molar-refractivity contribution < 1.29 is 18.9 Å². The molecule has 1 N–H and O–H groups in total. The first-order valence-corrected chi connectivity index (χ1v) is 11.6. The van der Waals surface area contributed by atoms with E-state index in [1.165, 1.54) is 9.58 Å². The van der Waals surface area contributed by atoms with E-state index in [0.717, 1.165) is 24.8 Å². The summed E-state index contributed by atoms with van der Waals surface area (Å²) in [5, 5.41) is 3.08. The molecule has 0 aliphatic carbocycles. The highest BCUT2D eigenvalue weighted by molar-refractivity contribution is 6.44. The van der Waals surface area contributed by atoms with Gasteiger partial charge in [0.25, 0.3) is 17.2 Å². The van der Waals surface area contributed by atoms with E-state index < -0.39 is 11.8 Å². The van der Waals surface area contributed by atoms with Gasteiger partial charge >= 0.3 is 5.91 Å². The second-order valence-electron chi connectivity index (χ2n) is 8.64. The van der Waals surface area contributed by atoms with Crippen molar-refractivity contribution in [2.45, 2.75) is 39.2 Å². The fourth-order valence-electron chi connectivity index (χ4n) is 4.66. The molecule has 1 atom stereocenters. The molecular weight excluding hydrogens is 432 g/mol. The fourth-order valence-corrected chi connectivity index (χ4v) is 4.66. The van der Waals surface area contributed by atoms with Crippen molar-refractivity contribution in [2.75, 3.05) is 13.2 Å². The van der Waals surface area contributed by atoms with Crippen molar-refractivity contribution in [1.82, 2.24) is 14.7 Å². The van der Waals surface area contributed by atoms with Crippen LogP contribution in [0.25, 0.3) is 17.0 Å². The molecule has 174 valence electrons. The maximum atomic E-state index is 13.7. The lowest BCUT2D eigenvalue weighted by Crippen LogP contribution is -2.42. The van der Waals surface area contributed by atoms with Crippen molar-refractivity contribution in [3.8, 4) is 5.69 Å². The van der Waals surface area contributed by atoms with Gasteiger partial charge < -0.3 is 4.74 Å². The maximum Gasteiger partial charge on any atom is 0.327 e. The van der Waals surface area contributed by atoms with Gasteiger partial charge in [-0.15, -0.1) is 0 Å². The normalized spacial score (nSPS) is 18.4. The van der Waals surface area contributed by atoms with Crippen molar-refractivity contribution in [1.29, 1.82) is 0 Å². The molecule has 1 fully saturated rings. The lowest BCUT2D eigenvalue weighted by molar-refractivity contribution is -0.577. The van der Waals surface area contributed by atoms with Crippen LogP contribution in [0.2, 0.25) is 0 Å². The molecule has 8 nitrogen and oxygen atoms in total. The number of pyridine rings is 1. The number of carbonyl (C=O) groups is 2. The minimum atomic E-state index is -0.468. The Morgan fingerprint density at radius 1 is 1.09 bits per heavy atom. The van der Waals surface area contributed by atoms with E-state index in [9.17, 15) is 14.4 Å². The van der Waals surface area contributed by atoms with Gasteiger partial charge in [0.1, 0.15) is 5.57 Å². The summed E-state index contributed by atoms with van der Waals surface area (Å²) in [7, 11) is 0. The Hall–Kier alpha value is -3.78. The van der Waals surface area contributed by atoms with Gasteiger partial charge in [0.15, 0.2) is 12.4 Å². The summed E-state index contributed by atoms with van der Waals surface area (Å²) in [6, 6.07) is 13.0. The summed E-state index contributed by atoms with van der Waals surface area (Å²) in [6.45, 7) is 4.57. The molecule has 4 heterocycles. The molecule has 0 bridgehead atoms. The van der Waals surface area contributed by atoms with Crippen LogP contribution in [0, 0.1) is 6.92 Å². The number of benzene rings is 1. The zero-order valence-corrected chi connectivity index (χ0v) is 19.3. The number of nitrogens with one attached hydrogen (secondary N) is 1. The van der Waals surface area contributed by atoms with Crippen molar-refractivity contribution in [3.63, 3.8) is 0 Å². The van der Waals surface area contributed by atoms with E-state index in [2.05, 4.69) is 5.10 Å². The molecule has 1 aromatic carbocycles. The van der Waals surface area contributed by atoms with E-state index in [1.807, 2.05) is 43.5 Å². The highest BCUT2D eigenvalue weighted by Gasteiger charge is 2.48. The monoisotopic (exact) mass is 459 g/mol. The lowest BCUT2D eigenvalue weighted by Gasteiger charge is -2.18. The Kier molecular flexibility index (Phi) is 5.75. The van der Waals surface area contributed by atoms with Gasteiger partial charge in [-0.05, 0) is 44.4 Å². The number of H-pyrrole nitrogens is 1. The Morgan fingerprint density at radius 2 is 1.88 bits per heavy atom. The van der Waals surface area contributed by atoms with Crippen molar-refractivity contribution >= 4 is 23.1 Å². The number of ether oxygens (including phenoxy) is 1. The molecule has 0 spiro atoms. The largest absolute Gasteiger partial charge is 0.376 e. The number of carbonyl (C=O) groups excluding carboxylic acids is 2. The molecule has 0 unspecified atom stereocenters. The van der Waals surface area contributed by atoms with Crippen LogP contribution in [0.15, 0.2) is 59.7 Å². The SMILES string of the molecule is CCc1ccc[n+](C2=C(c3c(C)[nH]n(-c4ccccc4)c3=O)C(=O)N(C[C@@H]3CCCO3)C2=O)c1. The first-order chi connectivity index (χ1) is 16.5. The Balaban J connectivity index is 1.68. The van der Waals surface area contributed by atoms with Gasteiger partial charge in [0.05, 0.1) is 23.9 Å². The standard InChI is InChI=1S/C26H26N4O4/c1-3-18-9-7-13-28(15-18)23-22(24(31)29(26(23)33)16-20-12-8-14-34-20)21-17(2)27-30(25(21)32)19-10-5-4-6-11-19/h4-7,9-11,13,15,20H,3,8,12,14,16H2,1-2H3/p+1/t20-/m0/s1. The first kappa shape index (κ1) is 22.0. The molecule has 2 aliphatic heterocycles. The minimum Gasteiger partial charge on any atom is -0.376 e. The van der Waals surface area contributed by atoms with Crippen LogP contribution in [0.4, 0.5) is 0 Å². The second-order valence-corrected chi connectivity index (χ2v) is 8.64. The number of para-hydroxylation sites is 1. The Morgan fingerprint density at radius 3 is 2.59 bits per heavy atom. The van der Waals surface area contributed by atoms with Crippen LogP contribution >= 0.6 is 0 Å². The van der Waals surface area contributed by atoms with E-state index in [-0.39, 0.29) is 35.0 Å². The summed E-state index contributed by atoms with van der Waals surface area (Å²) in [5.41, 5.74) is 2.34. The molecule has 5 rings (SSSR count). The number of aromatic nitrogens is 3. The number of rotatable bonds is 6. The Bertz CT molecular complexity index is 1350. The number of nitrogens with zero attached hydrogens (tertiary/aromatic N) is 3.